The van der Waals surface area contributed by atoms with Gasteiger partial charge < -0.3 is 0 Å². The molecule has 3 aliphatic rings. The molecule has 1 unspecified atom stereocenters. The van der Waals surface area contributed by atoms with E-state index in [9.17, 15) is 4.79 Å². The molecule has 2 spiro atoms. The Balaban J connectivity index is 1.65. The van der Waals surface area contributed by atoms with Gasteiger partial charge in [0.05, 0.1) is 0 Å². The summed E-state index contributed by atoms with van der Waals surface area (Å²) in [5.74, 6) is 0.292. The van der Waals surface area contributed by atoms with Crippen LogP contribution < -0.4 is 0 Å². The number of ketones is 1. The molecule has 0 fully saturated rings. The summed E-state index contributed by atoms with van der Waals surface area (Å²) in [6.45, 7) is 28.0. The number of hydrogen-bond donors (Lipinski definition) is 0. The summed E-state index contributed by atoms with van der Waals surface area (Å²) in [6.07, 6.45) is 1.40. The summed E-state index contributed by atoms with van der Waals surface area (Å²) >= 11 is 0. The summed E-state index contributed by atoms with van der Waals surface area (Å²) in [6, 6.07) is 28.1. The lowest BCUT2D eigenvalue weighted by atomic mass is 9.67. The van der Waals surface area contributed by atoms with Crippen LogP contribution in [0.1, 0.15) is 156 Å². The van der Waals surface area contributed by atoms with Gasteiger partial charge in [0, 0.05) is 22.8 Å². The molecule has 0 radical (unpaired) electrons. The van der Waals surface area contributed by atoms with E-state index in [1.54, 1.807) is 0 Å². The van der Waals surface area contributed by atoms with Gasteiger partial charge in [0.1, 0.15) is 0 Å². The molecule has 0 saturated carbocycles. The van der Waals surface area contributed by atoms with Gasteiger partial charge in [0.25, 0.3) is 0 Å². The van der Waals surface area contributed by atoms with Crippen LogP contribution >= 0.6 is 0 Å². The number of fused-ring (bicyclic) bond motifs is 10. The maximum atomic E-state index is 14.5. The summed E-state index contributed by atoms with van der Waals surface area (Å²) in [4.78, 5) is 14.5. The van der Waals surface area contributed by atoms with E-state index >= 15 is 0 Å². The lowest BCUT2D eigenvalue weighted by Gasteiger charge is -2.35. The lowest BCUT2D eigenvalue weighted by Crippen LogP contribution is -2.30. The third-order valence-corrected chi connectivity index (χ3v) is 11.4. The van der Waals surface area contributed by atoms with Gasteiger partial charge in [-0.2, -0.15) is 0 Å². The van der Waals surface area contributed by atoms with Gasteiger partial charge in [0.15, 0.2) is 5.78 Å². The standard InChI is InChI=1S/C45H52O/c1-40(2,3)33-21-29-32(22-34(33)41(4,5)6)44(25-39(29)46)26-45(30-19-15-13-17-27(30)28-18-14-16-20-31(28)45)38-24-36(43(10,11)12)35(23-37(38)44)42(7,8)9/h13-24H,25-26H2,1-12H3. The Kier molecular flexibility index (Phi) is 6.32. The Morgan fingerprint density at radius 3 is 1.30 bits per heavy atom. The van der Waals surface area contributed by atoms with Gasteiger partial charge in [-0.1, -0.05) is 150 Å². The number of hydrogen-bond acceptors (Lipinski definition) is 1. The zero-order valence-corrected chi connectivity index (χ0v) is 30.3. The average Bonchev–Trinajstić information content (AvgIpc) is 3.51. The third kappa shape index (κ3) is 4.16. The fourth-order valence-electron chi connectivity index (χ4n) is 9.37. The summed E-state index contributed by atoms with van der Waals surface area (Å²) < 4.78 is 0. The molecule has 0 aromatic heterocycles. The zero-order chi connectivity index (χ0) is 33.4. The number of Topliss-reactive ketones (excluding diaryl/α,β-unsaturated/α-hetero) is 1. The van der Waals surface area contributed by atoms with E-state index in [0.29, 0.717) is 12.2 Å². The van der Waals surface area contributed by atoms with E-state index in [1.807, 2.05) is 0 Å². The lowest BCUT2D eigenvalue weighted by molar-refractivity contribution is 0.0978. The van der Waals surface area contributed by atoms with E-state index in [0.717, 1.165) is 12.0 Å². The predicted octanol–water partition coefficient (Wildman–Crippen LogP) is 11.5. The molecule has 46 heavy (non-hydrogen) atoms. The van der Waals surface area contributed by atoms with Crippen molar-refractivity contribution in [2.75, 3.05) is 0 Å². The monoisotopic (exact) mass is 608 g/mol. The third-order valence-electron chi connectivity index (χ3n) is 11.4. The molecule has 0 N–H and O–H groups in total. The second-order valence-electron chi connectivity index (χ2n) is 18.7. The van der Waals surface area contributed by atoms with Gasteiger partial charge in [-0.25, -0.2) is 0 Å². The first-order valence-corrected chi connectivity index (χ1v) is 17.3. The minimum Gasteiger partial charge on any atom is -0.294 e. The average molecular weight is 609 g/mol. The van der Waals surface area contributed by atoms with Crippen LogP contribution in [0, 0.1) is 0 Å². The van der Waals surface area contributed by atoms with Crippen LogP contribution in [0.15, 0.2) is 72.8 Å². The molecule has 7 rings (SSSR count). The molecule has 0 heterocycles. The molecule has 0 aliphatic heterocycles. The highest BCUT2D eigenvalue weighted by atomic mass is 16.1. The van der Waals surface area contributed by atoms with Crippen LogP contribution in [0.2, 0.25) is 0 Å². The predicted molar refractivity (Wildman–Crippen MR) is 194 cm³/mol. The van der Waals surface area contributed by atoms with Crippen molar-refractivity contribution in [1.82, 2.24) is 0 Å². The van der Waals surface area contributed by atoms with Crippen molar-refractivity contribution in [2.24, 2.45) is 0 Å². The number of benzene rings is 4. The van der Waals surface area contributed by atoms with Crippen molar-refractivity contribution in [3.05, 3.63) is 128 Å². The Labute approximate surface area is 277 Å². The van der Waals surface area contributed by atoms with Gasteiger partial charge >= 0.3 is 0 Å². The van der Waals surface area contributed by atoms with E-state index in [4.69, 9.17) is 0 Å². The molecular weight excluding hydrogens is 556 g/mol. The largest absolute Gasteiger partial charge is 0.294 e. The molecule has 0 saturated heterocycles. The highest BCUT2D eigenvalue weighted by Gasteiger charge is 2.61. The first-order valence-electron chi connectivity index (χ1n) is 17.3. The first-order chi connectivity index (χ1) is 21.2. The summed E-state index contributed by atoms with van der Waals surface area (Å²) in [7, 11) is 0. The van der Waals surface area contributed by atoms with Crippen LogP contribution in [0.4, 0.5) is 0 Å². The molecule has 238 valence electrons. The van der Waals surface area contributed by atoms with Gasteiger partial charge in [-0.05, 0) is 95.3 Å². The fourth-order valence-corrected chi connectivity index (χ4v) is 9.37. The highest BCUT2D eigenvalue weighted by Crippen LogP contribution is 2.67. The maximum Gasteiger partial charge on any atom is 0.164 e. The van der Waals surface area contributed by atoms with Crippen LogP contribution in [0.3, 0.4) is 0 Å². The normalized spacial score (nSPS) is 19.9. The Morgan fingerprint density at radius 2 is 0.848 bits per heavy atom. The van der Waals surface area contributed by atoms with Gasteiger partial charge in [-0.15, -0.1) is 0 Å². The minimum absolute atomic E-state index is 0.0311. The second kappa shape index (κ2) is 9.33. The number of carbonyl (C=O) groups excluding carboxylic acids is 1. The molecule has 1 heteroatoms. The van der Waals surface area contributed by atoms with Crippen molar-refractivity contribution < 1.29 is 4.79 Å². The molecule has 3 aliphatic carbocycles. The zero-order valence-electron chi connectivity index (χ0n) is 30.3. The van der Waals surface area contributed by atoms with Crippen LogP contribution in [-0.2, 0) is 32.5 Å². The highest BCUT2D eigenvalue weighted by molar-refractivity contribution is 6.04. The molecule has 0 amide bonds. The van der Waals surface area contributed by atoms with E-state index in [-0.39, 0.29) is 27.1 Å². The van der Waals surface area contributed by atoms with Crippen LogP contribution in [-0.4, -0.2) is 5.78 Å². The minimum atomic E-state index is -0.404. The van der Waals surface area contributed by atoms with Gasteiger partial charge in [-0.3, -0.25) is 4.79 Å². The second-order valence-corrected chi connectivity index (χ2v) is 18.7. The van der Waals surface area contributed by atoms with Crippen molar-refractivity contribution in [3.8, 4) is 11.1 Å². The summed E-state index contributed by atoms with van der Waals surface area (Å²) in [5, 5.41) is 0. The van der Waals surface area contributed by atoms with E-state index in [1.165, 1.54) is 61.2 Å². The Morgan fingerprint density at radius 1 is 0.457 bits per heavy atom. The smallest absolute Gasteiger partial charge is 0.164 e. The number of carbonyl (C=O) groups is 1. The molecule has 1 atom stereocenters. The summed E-state index contributed by atoms with van der Waals surface area (Å²) in [5.41, 5.74) is 15.0. The molecular formula is C45H52O. The molecule has 4 aromatic carbocycles. The topological polar surface area (TPSA) is 17.1 Å². The van der Waals surface area contributed by atoms with Crippen molar-refractivity contribution >= 4 is 5.78 Å². The Bertz CT molecular complexity index is 1890. The first kappa shape index (κ1) is 31.2. The number of rotatable bonds is 0. The Hall–Kier alpha value is -3.45. The molecule has 0 bridgehead atoms. The van der Waals surface area contributed by atoms with Crippen molar-refractivity contribution in [1.29, 1.82) is 0 Å². The van der Waals surface area contributed by atoms with Crippen LogP contribution in [0.5, 0.6) is 0 Å². The maximum absolute atomic E-state index is 14.5. The van der Waals surface area contributed by atoms with E-state index < -0.39 is 5.41 Å². The SMILES string of the molecule is CC(C)(C)c1cc2c(cc1C(C)(C)C)C1(CC2=O)CC2(c3ccccc3-c3ccccc32)c2cc(C(C)(C)C)c(C(C)(C)C)cc21. The van der Waals surface area contributed by atoms with E-state index in [2.05, 4.69) is 156 Å². The van der Waals surface area contributed by atoms with Crippen molar-refractivity contribution in [2.45, 2.75) is 128 Å². The quantitative estimate of drug-likeness (QED) is 0.194. The van der Waals surface area contributed by atoms with Gasteiger partial charge in [0.2, 0.25) is 0 Å². The molecule has 1 nitrogen and oxygen atoms in total. The van der Waals surface area contributed by atoms with Crippen LogP contribution in [0.25, 0.3) is 11.1 Å². The fraction of sp³-hybridized carbons (Fsp3) is 0.444. The van der Waals surface area contributed by atoms with Crippen molar-refractivity contribution in [3.63, 3.8) is 0 Å². The molecule has 4 aromatic rings.